The second-order valence-corrected chi connectivity index (χ2v) is 8.02. The highest BCUT2D eigenvalue weighted by Crippen LogP contribution is 2.30. The van der Waals surface area contributed by atoms with Gasteiger partial charge in [-0.05, 0) is 47.4 Å². The van der Waals surface area contributed by atoms with Crippen molar-refractivity contribution in [1.82, 2.24) is 9.55 Å². The summed E-state index contributed by atoms with van der Waals surface area (Å²) in [4.78, 5) is 17.6. The molecule has 0 aliphatic rings. The molecule has 2 N–H and O–H groups in total. The van der Waals surface area contributed by atoms with E-state index in [9.17, 15) is 4.79 Å². The minimum atomic E-state index is -0.311. The first kappa shape index (κ1) is 21.2. The molecule has 4 aromatic rings. The van der Waals surface area contributed by atoms with Crippen LogP contribution >= 0.6 is 0 Å². The smallest absolute Gasteiger partial charge is 0.348 e. The van der Waals surface area contributed by atoms with Crippen LogP contribution in [0.1, 0.15) is 30.9 Å². The minimum absolute atomic E-state index is 0.169. The zero-order chi connectivity index (χ0) is 22.7. The summed E-state index contributed by atoms with van der Waals surface area (Å²) in [5, 5.41) is 0.826. The van der Waals surface area contributed by atoms with Crippen LogP contribution in [-0.4, -0.2) is 16.2 Å². The van der Waals surface area contributed by atoms with E-state index in [0.717, 1.165) is 22.0 Å². The van der Waals surface area contributed by atoms with Gasteiger partial charge in [0.1, 0.15) is 12.4 Å². The van der Waals surface area contributed by atoms with Gasteiger partial charge >= 0.3 is 5.69 Å². The summed E-state index contributed by atoms with van der Waals surface area (Å²) in [6.07, 6.45) is 5.35. The third-order valence-electron chi connectivity index (χ3n) is 5.45. The van der Waals surface area contributed by atoms with E-state index in [2.05, 4.69) is 36.9 Å². The molecule has 0 atom stereocenters. The predicted molar refractivity (Wildman–Crippen MR) is 130 cm³/mol. The number of aromatic nitrogens is 2. The maximum Gasteiger partial charge on any atom is 0.348 e. The van der Waals surface area contributed by atoms with E-state index in [1.165, 1.54) is 5.56 Å². The Labute approximate surface area is 187 Å². The number of fused-ring (bicyclic) bond motifs is 1. The number of nitrogens with zero attached hydrogens (tertiary/aromatic N) is 2. The fraction of sp³-hybridized carbons (Fsp3) is 0.185. The second-order valence-electron chi connectivity index (χ2n) is 8.02. The lowest BCUT2D eigenvalue weighted by Crippen LogP contribution is -2.24. The molecule has 0 aliphatic carbocycles. The highest BCUT2D eigenvalue weighted by atomic mass is 16.5. The maximum atomic E-state index is 13.1. The largest absolute Gasteiger partial charge is 0.481 e. The standard InChI is InChI=1S/C27H25N3O2/c1-4-15-32-23-13-14-25-24(16-23)26(21-9-7-20(8-10-21)18(2)3)29-27(31)30(25)17-19-5-11-22(28)12-6-19/h1,5-14,16,18H,15,17,28H2,2-3H3. The molecule has 0 saturated carbocycles. The minimum Gasteiger partial charge on any atom is -0.481 e. The van der Waals surface area contributed by atoms with Crippen molar-refractivity contribution in [3.8, 4) is 29.4 Å². The van der Waals surface area contributed by atoms with Gasteiger partial charge in [0.2, 0.25) is 0 Å². The van der Waals surface area contributed by atoms with Crippen molar-refractivity contribution in [2.24, 2.45) is 0 Å². The first-order chi connectivity index (χ1) is 15.5. The van der Waals surface area contributed by atoms with E-state index in [1.54, 1.807) is 4.57 Å². The molecule has 5 nitrogen and oxygen atoms in total. The van der Waals surface area contributed by atoms with Crippen LogP contribution in [0.4, 0.5) is 5.69 Å². The summed E-state index contributed by atoms with van der Waals surface area (Å²) in [5.74, 6) is 3.54. The summed E-state index contributed by atoms with van der Waals surface area (Å²) < 4.78 is 7.31. The van der Waals surface area contributed by atoms with E-state index in [-0.39, 0.29) is 12.3 Å². The molecule has 1 aromatic heterocycles. The summed E-state index contributed by atoms with van der Waals surface area (Å²) in [6.45, 7) is 4.86. The number of hydrogen-bond donors (Lipinski definition) is 1. The average Bonchev–Trinajstić information content (AvgIpc) is 2.80. The molecule has 0 saturated heterocycles. The number of rotatable bonds is 6. The first-order valence-corrected chi connectivity index (χ1v) is 10.5. The van der Waals surface area contributed by atoms with Crippen molar-refractivity contribution in [2.45, 2.75) is 26.3 Å². The van der Waals surface area contributed by atoms with Crippen LogP contribution in [0.15, 0.2) is 71.5 Å². The van der Waals surface area contributed by atoms with Crippen LogP contribution < -0.4 is 16.2 Å². The van der Waals surface area contributed by atoms with Gasteiger partial charge in [-0.2, -0.15) is 4.98 Å². The zero-order valence-electron chi connectivity index (χ0n) is 18.2. The zero-order valence-corrected chi connectivity index (χ0v) is 18.2. The van der Waals surface area contributed by atoms with Crippen LogP contribution in [0.2, 0.25) is 0 Å². The van der Waals surface area contributed by atoms with E-state index in [4.69, 9.17) is 16.9 Å². The molecule has 0 unspecified atom stereocenters. The number of terminal acetylenes is 1. The average molecular weight is 424 g/mol. The summed E-state index contributed by atoms with van der Waals surface area (Å²) in [7, 11) is 0. The Hall–Kier alpha value is -4.04. The molecule has 5 heteroatoms. The molecule has 0 amide bonds. The van der Waals surface area contributed by atoms with Crippen molar-refractivity contribution >= 4 is 16.6 Å². The van der Waals surface area contributed by atoms with Gasteiger partial charge in [-0.25, -0.2) is 4.79 Å². The van der Waals surface area contributed by atoms with Crippen LogP contribution in [0.25, 0.3) is 22.2 Å². The fourth-order valence-electron chi connectivity index (χ4n) is 3.68. The van der Waals surface area contributed by atoms with Crippen LogP contribution in [0, 0.1) is 12.3 Å². The second kappa shape index (κ2) is 8.99. The Morgan fingerprint density at radius 3 is 2.44 bits per heavy atom. The Bertz CT molecular complexity index is 1350. The van der Waals surface area contributed by atoms with E-state index in [0.29, 0.717) is 29.6 Å². The number of ether oxygens (including phenoxy) is 1. The fourth-order valence-corrected chi connectivity index (χ4v) is 3.68. The van der Waals surface area contributed by atoms with Crippen molar-refractivity contribution in [2.75, 3.05) is 12.3 Å². The van der Waals surface area contributed by atoms with Gasteiger partial charge in [0.15, 0.2) is 0 Å². The molecule has 3 aromatic carbocycles. The number of nitrogens with two attached hydrogens (primary N) is 1. The van der Waals surface area contributed by atoms with Crippen molar-refractivity contribution in [3.05, 3.63) is 88.3 Å². The Morgan fingerprint density at radius 1 is 1.06 bits per heavy atom. The van der Waals surface area contributed by atoms with E-state index >= 15 is 0 Å². The SMILES string of the molecule is C#CCOc1ccc2c(c1)c(-c1ccc(C(C)C)cc1)nc(=O)n2Cc1ccc(N)cc1. The molecule has 0 aliphatic heterocycles. The molecule has 1 heterocycles. The highest BCUT2D eigenvalue weighted by Gasteiger charge is 2.14. The Morgan fingerprint density at radius 2 is 1.78 bits per heavy atom. The molecule has 0 spiro atoms. The van der Waals surface area contributed by atoms with Gasteiger partial charge in [0.05, 0.1) is 17.8 Å². The third kappa shape index (κ3) is 4.35. The third-order valence-corrected chi connectivity index (χ3v) is 5.45. The number of nitrogen functional groups attached to an aromatic ring is 1. The van der Waals surface area contributed by atoms with Gasteiger partial charge in [-0.1, -0.05) is 56.2 Å². The van der Waals surface area contributed by atoms with Crippen LogP contribution in [0.3, 0.4) is 0 Å². The van der Waals surface area contributed by atoms with E-state index in [1.807, 2.05) is 54.6 Å². The lowest BCUT2D eigenvalue weighted by Gasteiger charge is -2.15. The molecular formula is C27H25N3O2. The van der Waals surface area contributed by atoms with Crippen LogP contribution in [0.5, 0.6) is 5.75 Å². The monoisotopic (exact) mass is 423 g/mol. The molecule has 4 rings (SSSR count). The van der Waals surface area contributed by atoms with Crippen LogP contribution in [-0.2, 0) is 6.54 Å². The Balaban J connectivity index is 1.88. The molecule has 32 heavy (non-hydrogen) atoms. The highest BCUT2D eigenvalue weighted by molar-refractivity contribution is 5.93. The summed E-state index contributed by atoms with van der Waals surface area (Å²) in [6, 6.07) is 21.2. The number of benzene rings is 3. The number of hydrogen-bond acceptors (Lipinski definition) is 4. The molecule has 0 fully saturated rings. The quantitative estimate of drug-likeness (QED) is 0.356. The topological polar surface area (TPSA) is 70.1 Å². The van der Waals surface area contributed by atoms with Gasteiger partial charge in [0.25, 0.3) is 0 Å². The number of anilines is 1. The molecule has 160 valence electrons. The summed E-state index contributed by atoms with van der Waals surface area (Å²) in [5.41, 5.74) is 10.6. The van der Waals surface area contributed by atoms with E-state index < -0.39 is 0 Å². The lowest BCUT2D eigenvalue weighted by atomic mass is 9.99. The van der Waals surface area contributed by atoms with Gasteiger partial charge in [-0.3, -0.25) is 4.57 Å². The molecule has 0 bridgehead atoms. The van der Waals surface area contributed by atoms with Gasteiger partial charge < -0.3 is 10.5 Å². The Kier molecular flexibility index (Phi) is 5.96. The van der Waals surface area contributed by atoms with Gasteiger partial charge in [0, 0.05) is 16.6 Å². The van der Waals surface area contributed by atoms with Gasteiger partial charge in [-0.15, -0.1) is 6.42 Å². The lowest BCUT2D eigenvalue weighted by molar-refractivity contribution is 0.371. The normalized spacial score (nSPS) is 10.9. The van der Waals surface area contributed by atoms with Crippen molar-refractivity contribution < 1.29 is 4.74 Å². The summed E-state index contributed by atoms with van der Waals surface area (Å²) >= 11 is 0. The first-order valence-electron chi connectivity index (χ1n) is 10.5. The van der Waals surface area contributed by atoms with Crippen molar-refractivity contribution in [1.29, 1.82) is 0 Å². The molecule has 0 radical (unpaired) electrons. The van der Waals surface area contributed by atoms with Crippen molar-refractivity contribution in [3.63, 3.8) is 0 Å². The molecular weight excluding hydrogens is 398 g/mol. The predicted octanol–water partition coefficient (Wildman–Crippen LogP) is 4.83. The maximum absolute atomic E-state index is 13.1.